The summed E-state index contributed by atoms with van der Waals surface area (Å²) in [5, 5.41) is 12.8. The highest BCUT2D eigenvalue weighted by Gasteiger charge is 2.40. The zero-order valence-electron chi connectivity index (χ0n) is 31.1. The summed E-state index contributed by atoms with van der Waals surface area (Å²) >= 11 is 7.78. The maximum Gasteiger partial charge on any atom is 0.266 e. The Morgan fingerprint density at radius 3 is 0.967 bits per heavy atom. The van der Waals surface area contributed by atoms with Crippen molar-refractivity contribution in [1.82, 2.24) is 0 Å². The summed E-state index contributed by atoms with van der Waals surface area (Å²) in [4.78, 5) is 62.6. The molecule has 0 spiro atoms. The molecular weight excluding hydrogens is 876 g/mol. The smallest absolute Gasteiger partial charge is 0.266 e. The maximum atomic E-state index is 15.0. The Labute approximate surface area is 356 Å². The van der Waals surface area contributed by atoms with Crippen LogP contribution in [0.5, 0.6) is 0 Å². The van der Waals surface area contributed by atoms with Gasteiger partial charge >= 0.3 is 0 Å². The molecule has 0 unspecified atom stereocenters. The van der Waals surface area contributed by atoms with E-state index in [1.165, 1.54) is 9.80 Å². The van der Waals surface area contributed by atoms with Crippen LogP contribution < -0.4 is 9.80 Å². The van der Waals surface area contributed by atoms with Gasteiger partial charge in [-0.3, -0.25) is 19.2 Å². The molecule has 0 radical (unpaired) electrons. The first kappa shape index (κ1) is 33.9. The van der Waals surface area contributed by atoms with Crippen LogP contribution in [0.25, 0.3) is 86.2 Å². The van der Waals surface area contributed by atoms with Gasteiger partial charge in [-0.2, -0.15) is 0 Å². The monoisotopic (exact) mass is 898 g/mol. The number of carbonyl (C=O) groups excluding carboxylic acids is 4. The third kappa shape index (κ3) is 4.16. The molecule has 0 fully saturated rings. The number of hydrogen-bond acceptors (Lipinski definition) is 4. The highest BCUT2D eigenvalue weighted by Crippen LogP contribution is 2.52. The molecule has 0 N–H and O–H groups in total. The van der Waals surface area contributed by atoms with Crippen LogP contribution in [0.15, 0.2) is 155 Å². The largest absolute Gasteiger partial charge is 0.268 e. The lowest BCUT2D eigenvalue weighted by atomic mass is 9.82. The number of rotatable bonds is 2. The highest BCUT2D eigenvalue weighted by atomic mass is 79.9. The van der Waals surface area contributed by atoms with Crippen LogP contribution in [0.1, 0.15) is 41.4 Å². The Morgan fingerprint density at radius 1 is 0.300 bits per heavy atom. The van der Waals surface area contributed by atoms with Crippen molar-refractivity contribution >= 4 is 153 Å². The summed E-state index contributed by atoms with van der Waals surface area (Å²) < 4.78 is 1.32. The van der Waals surface area contributed by atoms with Gasteiger partial charge in [0, 0.05) is 73.9 Å². The molecule has 0 bridgehead atoms. The third-order valence-electron chi connectivity index (χ3n) is 12.7. The van der Waals surface area contributed by atoms with E-state index in [-0.39, 0.29) is 0 Å². The van der Waals surface area contributed by atoms with Gasteiger partial charge < -0.3 is 0 Å². The lowest BCUT2D eigenvalue weighted by Gasteiger charge is -2.32. The Hall–Kier alpha value is -7.00. The Balaban J connectivity index is 1.07. The molecule has 8 heteroatoms. The van der Waals surface area contributed by atoms with Crippen molar-refractivity contribution in [2.45, 2.75) is 0 Å². The van der Waals surface area contributed by atoms with Gasteiger partial charge in [0.05, 0.1) is 22.5 Å². The molecule has 6 nitrogen and oxygen atoms in total. The van der Waals surface area contributed by atoms with Gasteiger partial charge in [0.2, 0.25) is 0 Å². The second-order valence-electron chi connectivity index (χ2n) is 15.6. The van der Waals surface area contributed by atoms with E-state index in [2.05, 4.69) is 44.0 Å². The first-order chi connectivity index (χ1) is 29.3. The number of carbonyl (C=O) groups is 4. The number of halogens is 2. The third-order valence-corrected chi connectivity index (χ3v) is 13.9. The first-order valence-corrected chi connectivity index (χ1v) is 21.1. The van der Waals surface area contributed by atoms with E-state index in [0.29, 0.717) is 53.3 Å². The van der Waals surface area contributed by atoms with Crippen molar-refractivity contribution in [3.8, 4) is 0 Å². The Kier molecular flexibility index (Phi) is 6.68. The van der Waals surface area contributed by atoms with Crippen molar-refractivity contribution in [2.75, 3.05) is 9.80 Å². The molecular formula is C52H24Br2N2O4. The Bertz CT molecular complexity index is 3550. The van der Waals surface area contributed by atoms with E-state index in [1.807, 2.05) is 133 Å². The molecule has 60 heavy (non-hydrogen) atoms. The lowest BCUT2D eigenvalue weighted by molar-refractivity contribution is 0.0878. The van der Waals surface area contributed by atoms with Gasteiger partial charge in [-0.05, 0) is 68.7 Å². The van der Waals surface area contributed by atoms with Gasteiger partial charge in [-0.1, -0.05) is 141 Å². The number of fused-ring (bicyclic) bond motifs is 6. The van der Waals surface area contributed by atoms with Crippen LogP contribution in [0.4, 0.5) is 11.4 Å². The summed E-state index contributed by atoms with van der Waals surface area (Å²) in [7, 11) is 0. The van der Waals surface area contributed by atoms with Crippen LogP contribution in [-0.2, 0) is 0 Å². The van der Waals surface area contributed by atoms with Crippen LogP contribution in [-0.4, -0.2) is 23.6 Å². The van der Waals surface area contributed by atoms with Crippen molar-refractivity contribution in [3.63, 3.8) is 0 Å². The fourth-order valence-corrected chi connectivity index (χ4v) is 11.5. The normalized spacial score (nSPS) is 14.2. The van der Waals surface area contributed by atoms with Gasteiger partial charge in [-0.15, -0.1) is 0 Å². The average molecular weight is 901 g/mol. The van der Waals surface area contributed by atoms with Crippen LogP contribution in [0.3, 0.4) is 0 Å². The van der Waals surface area contributed by atoms with Crippen molar-refractivity contribution in [1.29, 1.82) is 0 Å². The number of imide groups is 2. The molecule has 0 saturated heterocycles. The van der Waals surface area contributed by atoms with Gasteiger partial charge in [0.25, 0.3) is 23.6 Å². The maximum absolute atomic E-state index is 15.0. The number of hydrogen-bond donors (Lipinski definition) is 0. The number of amides is 4. The quantitative estimate of drug-likeness (QED) is 0.0984. The number of benzene rings is 11. The summed E-state index contributed by atoms with van der Waals surface area (Å²) in [6.07, 6.45) is 0. The van der Waals surface area contributed by atoms with Crippen LogP contribution >= 0.6 is 31.9 Å². The van der Waals surface area contributed by atoms with E-state index in [1.54, 1.807) is 0 Å². The molecule has 4 amide bonds. The SMILES string of the molecule is O=C1c2ccc3c4c(Br)cc5c6c(ccc(c7c(Br)cc(c2c37)C(=O)N1c1c2ccccc2cc2ccccc12)c64)C(=O)N(c1c2ccccc2cc2ccccc12)C5=O. The minimum absolute atomic E-state index is 0.402. The fourth-order valence-electron chi connectivity index (χ4n) is 10.2. The van der Waals surface area contributed by atoms with Crippen molar-refractivity contribution < 1.29 is 19.2 Å². The molecule has 0 aliphatic carbocycles. The van der Waals surface area contributed by atoms with Crippen LogP contribution in [0, 0.1) is 0 Å². The fraction of sp³-hybridized carbons (Fsp3) is 0. The molecule has 0 atom stereocenters. The predicted molar refractivity (Wildman–Crippen MR) is 248 cm³/mol. The summed E-state index contributed by atoms with van der Waals surface area (Å²) in [6.45, 7) is 0. The van der Waals surface area contributed by atoms with E-state index in [0.717, 1.165) is 75.4 Å². The predicted octanol–water partition coefficient (Wildman–Crippen LogP) is 13.5. The van der Waals surface area contributed by atoms with E-state index in [4.69, 9.17) is 0 Å². The first-order valence-electron chi connectivity index (χ1n) is 19.5. The summed E-state index contributed by atoms with van der Waals surface area (Å²) in [5.74, 6) is -1.63. The van der Waals surface area contributed by atoms with Gasteiger partial charge in [0.15, 0.2) is 0 Å². The molecule has 13 rings (SSSR count). The molecule has 11 aromatic rings. The highest BCUT2D eigenvalue weighted by molar-refractivity contribution is 9.11. The summed E-state index contributed by atoms with van der Waals surface area (Å²) in [6, 6.07) is 46.6. The molecule has 0 saturated carbocycles. The molecule has 280 valence electrons. The number of anilines is 2. The molecule has 2 aliphatic heterocycles. The standard InChI is InChI=1S/C52H24Br2N2O4/c53-39-23-37-41-35(49(57)55(51(37)59)47-29-13-5-1-9-25(29)21-26-10-2-6-14-30(26)47)19-17-33-44-40(54)24-38-42-36(20-18-34(46(42)44)43(39)45(33)41)50(58)56(52(38)60)48-31-15-7-3-11-27(31)22-28-12-4-8-16-32(28)48/h1-24H. The Morgan fingerprint density at radius 2 is 0.617 bits per heavy atom. The second-order valence-corrected chi connectivity index (χ2v) is 17.3. The average Bonchev–Trinajstić information content (AvgIpc) is 3.27. The summed E-state index contributed by atoms with van der Waals surface area (Å²) in [5.41, 5.74) is 2.76. The van der Waals surface area contributed by atoms with E-state index in [9.17, 15) is 9.59 Å². The zero-order valence-corrected chi connectivity index (χ0v) is 34.3. The molecule has 2 aliphatic rings. The number of nitrogens with zero attached hydrogens (tertiary/aromatic N) is 2. The van der Waals surface area contributed by atoms with E-state index >= 15 is 9.59 Å². The molecule has 2 heterocycles. The molecule has 11 aromatic carbocycles. The topological polar surface area (TPSA) is 74.8 Å². The minimum Gasteiger partial charge on any atom is -0.268 e. The second kappa shape index (κ2) is 11.8. The lowest BCUT2D eigenvalue weighted by Crippen LogP contribution is -2.41. The van der Waals surface area contributed by atoms with Gasteiger partial charge in [0.1, 0.15) is 0 Å². The van der Waals surface area contributed by atoms with Crippen LogP contribution in [0.2, 0.25) is 0 Å². The minimum atomic E-state index is -0.411. The van der Waals surface area contributed by atoms with Gasteiger partial charge in [-0.25, -0.2) is 9.80 Å². The van der Waals surface area contributed by atoms with Crippen molar-refractivity contribution in [3.05, 3.63) is 177 Å². The zero-order chi connectivity index (χ0) is 40.3. The molecule has 0 aromatic heterocycles. The van der Waals surface area contributed by atoms with Crippen molar-refractivity contribution in [2.24, 2.45) is 0 Å². The van der Waals surface area contributed by atoms with E-state index < -0.39 is 23.6 Å².